The minimum Gasteiger partial charge on any atom is -0.491 e. The Hall–Kier alpha value is -2.64. The van der Waals surface area contributed by atoms with Gasteiger partial charge in [0.2, 0.25) is 0 Å². The van der Waals surface area contributed by atoms with Crippen molar-refractivity contribution in [3.05, 3.63) is 52.4 Å². The largest absolute Gasteiger partial charge is 0.491 e. The Morgan fingerprint density at radius 2 is 2.04 bits per heavy atom. The highest BCUT2D eigenvalue weighted by Crippen LogP contribution is 2.25. The van der Waals surface area contributed by atoms with Crippen LogP contribution in [0.25, 0.3) is 11.2 Å². The number of carboxylic acid groups (broad SMARTS) is 1. The normalized spacial score (nSPS) is 11.0. The van der Waals surface area contributed by atoms with Gasteiger partial charge in [0.15, 0.2) is 11.3 Å². The molecule has 1 N–H and O–H groups in total. The molecule has 3 aromatic rings. The zero-order valence-corrected chi connectivity index (χ0v) is 15.2. The van der Waals surface area contributed by atoms with Crippen molar-refractivity contribution in [1.29, 1.82) is 0 Å². The molecule has 0 atom stereocenters. The van der Waals surface area contributed by atoms with E-state index >= 15 is 0 Å². The number of aryl methyl sites for hydroxylation is 1. The highest BCUT2D eigenvalue weighted by molar-refractivity contribution is 6.31. The quantitative estimate of drug-likeness (QED) is 0.638. The second-order valence-electron chi connectivity index (χ2n) is 5.68. The smallest absolute Gasteiger partial charge is 0.354 e. The van der Waals surface area contributed by atoms with Crippen LogP contribution < -0.4 is 4.74 Å². The van der Waals surface area contributed by atoms with E-state index in [1.807, 2.05) is 23.6 Å². The Morgan fingerprint density at radius 3 is 2.73 bits per heavy atom. The molecule has 8 heteroatoms. The van der Waals surface area contributed by atoms with Crippen LogP contribution in [-0.2, 0) is 11.3 Å². The number of halogens is 1. The summed E-state index contributed by atoms with van der Waals surface area (Å²) in [6, 6.07) is 8.56. The van der Waals surface area contributed by atoms with E-state index in [-0.39, 0.29) is 5.69 Å². The number of fused-ring (bicyclic) bond motifs is 1. The number of hydrogen-bond donors (Lipinski definition) is 1. The summed E-state index contributed by atoms with van der Waals surface area (Å²) in [6.07, 6.45) is 0. The minimum atomic E-state index is -1.08. The summed E-state index contributed by atoms with van der Waals surface area (Å²) in [5.41, 5.74) is 1.99. The Balaban J connectivity index is 1.89. The van der Waals surface area contributed by atoms with Crippen LogP contribution in [-0.4, -0.2) is 45.9 Å². The molecule has 0 radical (unpaired) electrons. The fraction of sp³-hybridized carbons (Fsp3) is 0.278. The van der Waals surface area contributed by atoms with E-state index in [4.69, 9.17) is 26.2 Å². The first-order chi connectivity index (χ1) is 12.5. The summed E-state index contributed by atoms with van der Waals surface area (Å²) in [5, 5.41) is 9.71. The fourth-order valence-corrected chi connectivity index (χ4v) is 2.81. The maximum absolute atomic E-state index is 11.2. The summed E-state index contributed by atoms with van der Waals surface area (Å²) in [5.74, 6) is 0.314. The molecule has 0 spiro atoms. The first-order valence-electron chi connectivity index (χ1n) is 7.97. The molecule has 0 aliphatic carbocycles. The molecule has 3 rings (SSSR count). The van der Waals surface area contributed by atoms with Crippen molar-refractivity contribution < 1.29 is 19.4 Å². The van der Waals surface area contributed by atoms with Crippen molar-refractivity contribution in [3.63, 3.8) is 0 Å². The lowest BCUT2D eigenvalue weighted by atomic mass is 10.2. The number of aromatic nitrogens is 3. The van der Waals surface area contributed by atoms with Crippen LogP contribution in [0.1, 0.15) is 21.9 Å². The Bertz CT molecular complexity index is 955. The van der Waals surface area contributed by atoms with Crippen LogP contribution in [0.2, 0.25) is 5.02 Å². The maximum Gasteiger partial charge on any atom is 0.354 e. The molecule has 0 aliphatic rings. The Morgan fingerprint density at radius 1 is 1.23 bits per heavy atom. The number of rotatable bonds is 7. The van der Waals surface area contributed by atoms with E-state index in [0.29, 0.717) is 41.7 Å². The van der Waals surface area contributed by atoms with Gasteiger partial charge in [-0.1, -0.05) is 17.7 Å². The third kappa shape index (κ3) is 3.79. The molecular formula is C18H18ClN3O4. The Kier molecular flexibility index (Phi) is 5.39. The molecule has 7 nitrogen and oxygen atoms in total. The molecule has 0 saturated heterocycles. The maximum atomic E-state index is 11.2. The lowest BCUT2D eigenvalue weighted by Crippen LogP contribution is -2.07. The molecule has 2 aromatic heterocycles. The predicted molar refractivity (Wildman–Crippen MR) is 97.1 cm³/mol. The standard InChI is InChI=1S/C18H18ClN3O4/c1-11-20-15-5-6-16(18(23)24)21-17(15)22(11)10-12-3-4-13(9-14(12)19)26-8-7-25-2/h3-6,9H,7-8,10H2,1-2H3,(H,23,24). The van der Waals surface area contributed by atoms with Gasteiger partial charge in [-0.15, -0.1) is 0 Å². The number of aromatic carboxylic acids is 1. The van der Waals surface area contributed by atoms with Crippen LogP contribution in [0.15, 0.2) is 30.3 Å². The molecule has 0 fully saturated rings. The third-order valence-corrected chi connectivity index (χ3v) is 4.26. The van der Waals surface area contributed by atoms with E-state index in [9.17, 15) is 4.79 Å². The average molecular weight is 376 g/mol. The Labute approximate surface area is 155 Å². The van der Waals surface area contributed by atoms with Crippen LogP contribution in [0.5, 0.6) is 5.75 Å². The fourth-order valence-electron chi connectivity index (χ4n) is 2.58. The van der Waals surface area contributed by atoms with Gasteiger partial charge in [0.1, 0.15) is 23.7 Å². The highest BCUT2D eigenvalue weighted by atomic mass is 35.5. The first kappa shape index (κ1) is 18.2. The number of nitrogens with zero attached hydrogens (tertiary/aromatic N) is 3. The lowest BCUT2D eigenvalue weighted by Gasteiger charge is -2.11. The molecule has 0 aliphatic heterocycles. The molecule has 0 amide bonds. The van der Waals surface area contributed by atoms with Crippen molar-refractivity contribution in [2.24, 2.45) is 0 Å². The number of pyridine rings is 1. The third-order valence-electron chi connectivity index (χ3n) is 3.91. The number of ether oxygens (including phenoxy) is 2. The number of imidazole rings is 1. The monoisotopic (exact) mass is 375 g/mol. The average Bonchev–Trinajstić information content (AvgIpc) is 2.92. The van der Waals surface area contributed by atoms with Crippen LogP contribution in [0, 0.1) is 6.92 Å². The minimum absolute atomic E-state index is 0.0216. The summed E-state index contributed by atoms with van der Waals surface area (Å²) < 4.78 is 12.3. The van der Waals surface area contributed by atoms with E-state index in [0.717, 1.165) is 11.4 Å². The van der Waals surface area contributed by atoms with Gasteiger partial charge in [-0.25, -0.2) is 14.8 Å². The van der Waals surface area contributed by atoms with Crippen LogP contribution >= 0.6 is 11.6 Å². The summed E-state index contributed by atoms with van der Waals surface area (Å²) in [7, 11) is 1.61. The van der Waals surface area contributed by atoms with Crippen molar-refractivity contribution in [2.45, 2.75) is 13.5 Å². The van der Waals surface area contributed by atoms with Crippen molar-refractivity contribution in [2.75, 3.05) is 20.3 Å². The molecule has 1 aromatic carbocycles. The molecule has 0 unspecified atom stereocenters. The number of carboxylic acids is 1. The zero-order chi connectivity index (χ0) is 18.7. The van der Waals surface area contributed by atoms with E-state index < -0.39 is 5.97 Å². The van der Waals surface area contributed by atoms with Crippen LogP contribution in [0.4, 0.5) is 0 Å². The van der Waals surface area contributed by atoms with Gasteiger partial charge in [-0.05, 0) is 36.8 Å². The number of methoxy groups -OCH3 is 1. The predicted octanol–water partition coefficient (Wildman–Crippen LogP) is 3.16. The van der Waals surface area contributed by atoms with Crippen molar-refractivity contribution in [1.82, 2.24) is 14.5 Å². The summed E-state index contributed by atoms with van der Waals surface area (Å²) >= 11 is 6.38. The van der Waals surface area contributed by atoms with Gasteiger partial charge in [0.25, 0.3) is 0 Å². The SMILES string of the molecule is COCCOc1ccc(Cn2c(C)nc3ccc(C(=O)O)nc32)c(Cl)c1. The molecule has 0 bridgehead atoms. The summed E-state index contributed by atoms with van der Waals surface area (Å²) in [4.78, 5) is 19.8. The first-order valence-corrected chi connectivity index (χ1v) is 8.34. The van der Waals surface area contributed by atoms with Gasteiger partial charge in [0.05, 0.1) is 13.2 Å². The number of hydrogen-bond acceptors (Lipinski definition) is 5. The number of benzene rings is 1. The van der Waals surface area contributed by atoms with Gasteiger partial charge in [-0.3, -0.25) is 0 Å². The molecule has 136 valence electrons. The van der Waals surface area contributed by atoms with E-state index in [1.54, 1.807) is 19.2 Å². The second kappa shape index (κ2) is 7.72. The lowest BCUT2D eigenvalue weighted by molar-refractivity contribution is 0.0691. The summed E-state index contributed by atoms with van der Waals surface area (Å²) in [6.45, 7) is 3.21. The van der Waals surface area contributed by atoms with Crippen molar-refractivity contribution in [3.8, 4) is 5.75 Å². The van der Waals surface area contributed by atoms with E-state index in [1.165, 1.54) is 6.07 Å². The molecule has 0 saturated carbocycles. The van der Waals surface area contributed by atoms with E-state index in [2.05, 4.69) is 9.97 Å². The van der Waals surface area contributed by atoms with Crippen molar-refractivity contribution >= 4 is 28.7 Å². The molecular weight excluding hydrogens is 358 g/mol. The topological polar surface area (TPSA) is 86.5 Å². The van der Waals surface area contributed by atoms with Crippen LogP contribution in [0.3, 0.4) is 0 Å². The second-order valence-corrected chi connectivity index (χ2v) is 6.09. The highest BCUT2D eigenvalue weighted by Gasteiger charge is 2.14. The van der Waals surface area contributed by atoms with Gasteiger partial charge >= 0.3 is 5.97 Å². The number of carbonyl (C=O) groups is 1. The van der Waals surface area contributed by atoms with Gasteiger partial charge in [0, 0.05) is 12.1 Å². The van der Waals surface area contributed by atoms with Gasteiger partial charge in [-0.2, -0.15) is 0 Å². The van der Waals surface area contributed by atoms with Gasteiger partial charge < -0.3 is 19.1 Å². The molecule has 2 heterocycles. The zero-order valence-electron chi connectivity index (χ0n) is 14.4. The molecule has 26 heavy (non-hydrogen) atoms.